The minimum Gasteiger partial charge on any atom is -0.346 e. The van der Waals surface area contributed by atoms with Crippen molar-refractivity contribution in [3.8, 4) is 0 Å². The van der Waals surface area contributed by atoms with Crippen LogP contribution in [-0.2, 0) is 18.3 Å². The van der Waals surface area contributed by atoms with Gasteiger partial charge in [-0.3, -0.25) is 4.79 Å². The number of hydrogen-bond donors (Lipinski definition) is 1. The maximum Gasteiger partial charge on any atom is 0.225 e. The number of carbonyl (C=O) groups is 1. The van der Waals surface area contributed by atoms with Gasteiger partial charge in [0.15, 0.2) is 0 Å². The summed E-state index contributed by atoms with van der Waals surface area (Å²) in [6.07, 6.45) is 8.52. The number of nitrogens with zero attached hydrogens (tertiary/aromatic N) is 2. The lowest BCUT2D eigenvalue weighted by molar-refractivity contribution is -0.121. The fourth-order valence-corrected chi connectivity index (χ4v) is 3.06. The number of thioether (sulfide) groups is 1. The number of nitrogens with one attached hydrogen (secondary N) is 1. The van der Waals surface area contributed by atoms with Gasteiger partial charge in [-0.2, -0.15) is 0 Å². The molecule has 22 heavy (non-hydrogen) atoms. The number of benzene rings is 1. The number of aryl methyl sites for hydroxylation is 1. The summed E-state index contributed by atoms with van der Waals surface area (Å²) < 4.78 is 2.00. The average Bonchev–Trinajstić information content (AvgIpc) is 3.27. The Hall–Kier alpha value is -1.75. The SMILES string of the molecule is CSc1ccc(CC(=O)N[C@@H](c2nccn2C)C2CC2)cc1. The van der Waals surface area contributed by atoms with Crippen LogP contribution in [-0.4, -0.2) is 21.7 Å². The number of carbonyl (C=O) groups excluding carboxylic acids is 1. The normalized spacial score (nSPS) is 15.5. The van der Waals surface area contributed by atoms with Gasteiger partial charge in [-0.25, -0.2) is 4.98 Å². The third kappa shape index (κ3) is 3.53. The summed E-state index contributed by atoms with van der Waals surface area (Å²) in [6, 6.07) is 8.21. The van der Waals surface area contributed by atoms with Gasteiger partial charge in [-0.05, 0) is 42.7 Å². The van der Waals surface area contributed by atoms with Crippen LogP contribution < -0.4 is 5.32 Å². The zero-order valence-electron chi connectivity index (χ0n) is 13.0. The topological polar surface area (TPSA) is 46.9 Å². The fourth-order valence-electron chi connectivity index (χ4n) is 2.65. The van der Waals surface area contributed by atoms with E-state index in [4.69, 9.17) is 0 Å². The molecular weight excluding hydrogens is 294 g/mol. The van der Waals surface area contributed by atoms with E-state index < -0.39 is 0 Å². The molecule has 0 radical (unpaired) electrons. The molecule has 1 heterocycles. The van der Waals surface area contributed by atoms with Crippen LogP contribution in [0.15, 0.2) is 41.6 Å². The van der Waals surface area contributed by atoms with E-state index in [0.29, 0.717) is 12.3 Å². The van der Waals surface area contributed by atoms with Gasteiger partial charge in [-0.15, -0.1) is 11.8 Å². The summed E-state index contributed by atoms with van der Waals surface area (Å²) in [5, 5.41) is 3.17. The Morgan fingerprint density at radius 3 is 2.68 bits per heavy atom. The number of hydrogen-bond acceptors (Lipinski definition) is 3. The molecule has 4 nitrogen and oxygen atoms in total. The van der Waals surface area contributed by atoms with Crippen molar-refractivity contribution in [3.05, 3.63) is 48.0 Å². The van der Waals surface area contributed by atoms with Crippen LogP contribution in [0.2, 0.25) is 0 Å². The molecule has 0 bridgehead atoms. The third-order valence-corrected chi connectivity index (χ3v) is 4.81. The van der Waals surface area contributed by atoms with Crippen molar-refractivity contribution in [2.24, 2.45) is 13.0 Å². The second-order valence-electron chi connectivity index (χ2n) is 5.80. The van der Waals surface area contributed by atoms with Gasteiger partial charge < -0.3 is 9.88 Å². The first kappa shape index (κ1) is 15.2. The molecule has 1 N–H and O–H groups in total. The Morgan fingerprint density at radius 2 is 2.14 bits per heavy atom. The zero-order valence-corrected chi connectivity index (χ0v) is 13.8. The summed E-state index contributed by atoms with van der Waals surface area (Å²) in [5.74, 6) is 1.55. The van der Waals surface area contributed by atoms with Gasteiger partial charge >= 0.3 is 0 Å². The Morgan fingerprint density at radius 1 is 1.41 bits per heavy atom. The molecule has 0 saturated heterocycles. The third-order valence-electron chi connectivity index (χ3n) is 4.07. The first-order valence-corrected chi connectivity index (χ1v) is 8.79. The molecule has 2 aromatic rings. The molecule has 0 spiro atoms. The molecule has 1 saturated carbocycles. The number of rotatable bonds is 6. The lowest BCUT2D eigenvalue weighted by atomic mass is 10.1. The molecule has 1 atom stereocenters. The van der Waals surface area contributed by atoms with Crippen molar-refractivity contribution in [2.45, 2.75) is 30.2 Å². The number of aromatic nitrogens is 2. The van der Waals surface area contributed by atoms with E-state index in [0.717, 1.165) is 11.4 Å². The highest BCUT2D eigenvalue weighted by Gasteiger charge is 2.35. The first-order chi connectivity index (χ1) is 10.7. The van der Waals surface area contributed by atoms with Crippen molar-refractivity contribution < 1.29 is 4.79 Å². The van der Waals surface area contributed by atoms with Crippen molar-refractivity contribution >= 4 is 17.7 Å². The smallest absolute Gasteiger partial charge is 0.225 e. The fraction of sp³-hybridized carbons (Fsp3) is 0.412. The summed E-state index contributed by atoms with van der Waals surface area (Å²) in [7, 11) is 1.98. The predicted octanol–water partition coefficient (Wildman–Crippen LogP) is 2.95. The van der Waals surface area contributed by atoms with E-state index in [9.17, 15) is 4.79 Å². The molecule has 0 aliphatic heterocycles. The van der Waals surface area contributed by atoms with Crippen LogP contribution in [0.4, 0.5) is 0 Å². The lowest BCUT2D eigenvalue weighted by Crippen LogP contribution is -2.32. The molecule has 116 valence electrons. The molecular formula is C17H21N3OS. The van der Waals surface area contributed by atoms with E-state index in [1.165, 1.54) is 17.7 Å². The van der Waals surface area contributed by atoms with Crippen molar-refractivity contribution in [2.75, 3.05) is 6.26 Å². The Bertz CT molecular complexity index is 646. The van der Waals surface area contributed by atoms with Crippen molar-refractivity contribution in [1.82, 2.24) is 14.9 Å². The number of imidazole rings is 1. The maximum atomic E-state index is 12.4. The van der Waals surface area contributed by atoms with E-state index in [2.05, 4.69) is 28.7 Å². The zero-order chi connectivity index (χ0) is 15.5. The Kier molecular flexibility index (Phi) is 4.52. The monoisotopic (exact) mass is 315 g/mol. The highest BCUT2D eigenvalue weighted by atomic mass is 32.2. The van der Waals surface area contributed by atoms with Gasteiger partial charge in [-0.1, -0.05) is 12.1 Å². The minimum atomic E-state index is 0.0398. The van der Waals surface area contributed by atoms with Crippen LogP contribution in [0.1, 0.15) is 30.3 Å². The lowest BCUT2D eigenvalue weighted by Gasteiger charge is -2.18. The number of amides is 1. The van der Waals surface area contributed by atoms with Gasteiger partial charge in [0.1, 0.15) is 5.82 Å². The molecule has 1 amide bonds. The van der Waals surface area contributed by atoms with Crippen LogP contribution >= 0.6 is 11.8 Å². The second kappa shape index (κ2) is 6.57. The van der Waals surface area contributed by atoms with Gasteiger partial charge in [0.25, 0.3) is 0 Å². The summed E-state index contributed by atoms with van der Waals surface area (Å²) >= 11 is 1.71. The summed E-state index contributed by atoms with van der Waals surface area (Å²) in [4.78, 5) is 18.0. The predicted molar refractivity (Wildman–Crippen MR) is 88.7 cm³/mol. The molecule has 1 aromatic carbocycles. The average molecular weight is 315 g/mol. The maximum absolute atomic E-state index is 12.4. The highest BCUT2D eigenvalue weighted by molar-refractivity contribution is 7.98. The molecule has 1 aliphatic rings. The molecule has 1 aliphatic carbocycles. The van der Waals surface area contributed by atoms with Crippen LogP contribution in [0.25, 0.3) is 0 Å². The quantitative estimate of drug-likeness (QED) is 0.834. The second-order valence-corrected chi connectivity index (χ2v) is 6.68. The van der Waals surface area contributed by atoms with Crippen LogP contribution in [0.3, 0.4) is 0 Å². The van der Waals surface area contributed by atoms with E-state index in [1.807, 2.05) is 29.9 Å². The van der Waals surface area contributed by atoms with Gasteiger partial charge in [0.05, 0.1) is 12.5 Å². The molecule has 1 aromatic heterocycles. The molecule has 3 rings (SSSR count). The van der Waals surface area contributed by atoms with E-state index in [1.54, 1.807) is 18.0 Å². The highest BCUT2D eigenvalue weighted by Crippen LogP contribution is 2.40. The van der Waals surface area contributed by atoms with Crippen molar-refractivity contribution in [1.29, 1.82) is 0 Å². The van der Waals surface area contributed by atoms with Gasteiger partial charge in [0.2, 0.25) is 5.91 Å². The molecule has 1 fully saturated rings. The molecule has 0 unspecified atom stereocenters. The van der Waals surface area contributed by atoms with Crippen LogP contribution in [0, 0.1) is 5.92 Å². The van der Waals surface area contributed by atoms with Crippen LogP contribution in [0.5, 0.6) is 0 Å². The van der Waals surface area contributed by atoms with Gasteiger partial charge in [0, 0.05) is 24.3 Å². The first-order valence-electron chi connectivity index (χ1n) is 7.57. The Balaban J connectivity index is 1.65. The Labute approximate surface area is 135 Å². The minimum absolute atomic E-state index is 0.0398. The standard InChI is InChI=1S/C17H21N3OS/c1-20-10-9-18-17(20)16(13-5-6-13)19-15(21)11-12-3-7-14(22-2)8-4-12/h3-4,7-10,13,16H,5-6,11H2,1-2H3,(H,19,21)/t16-/m1/s1. The summed E-state index contributed by atoms with van der Waals surface area (Å²) in [5.41, 5.74) is 1.05. The largest absolute Gasteiger partial charge is 0.346 e. The van der Waals surface area contributed by atoms with Crippen molar-refractivity contribution in [3.63, 3.8) is 0 Å². The summed E-state index contributed by atoms with van der Waals surface area (Å²) in [6.45, 7) is 0. The molecule has 5 heteroatoms. The van der Waals surface area contributed by atoms with E-state index in [-0.39, 0.29) is 11.9 Å². The van der Waals surface area contributed by atoms with E-state index >= 15 is 0 Å².